The second-order valence-electron chi connectivity index (χ2n) is 3.36. The number of alkyl halides is 3. The fourth-order valence-corrected chi connectivity index (χ4v) is 1.29. The third-order valence-electron chi connectivity index (χ3n) is 2.42. The molecule has 3 nitrogen and oxygen atoms in total. The molecule has 0 aliphatic carbocycles. The summed E-state index contributed by atoms with van der Waals surface area (Å²) in [5.74, 6) is 0. The van der Waals surface area contributed by atoms with Gasteiger partial charge in [-0.15, -0.1) is 0 Å². The maximum Gasteiger partial charge on any atom is 0.412 e. The normalized spacial score (nSPS) is 16.1. The quantitative estimate of drug-likeness (QED) is 0.823. The van der Waals surface area contributed by atoms with Gasteiger partial charge in [0.15, 0.2) is 5.54 Å². The van der Waals surface area contributed by atoms with Gasteiger partial charge in [0.05, 0.1) is 11.4 Å². The van der Waals surface area contributed by atoms with Gasteiger partial charge >= 0.3 is 6.18 Å². The molecule has 1 aromatic heterocycles. The van der Waals surface area contributed by atoms with E-state index in [-0.39, 0.29) is 11.4 Å². The molecule has 15 heavy (non-hydrogen) atoms. The predicted molar refractivity (Wildman–Crippen MR) is 49.2 cm³/mol. The van der Waals surface area contributed by atoms with Crippen molar-refractivity contribution in [3.63, 3.8) is 0 Å². The Morgan fingerprint density at radius 1 is 1.20 bits per heavy atom. The Bertz CT molecular complexity index is 351. The molecule has 84 valence electrons. The van der Waals surface area contributed by atoms with E-state index in [1.165, 1.54) is 26.4 Å². The zero-order valence-electron chi connectivity index (χ0n) is 8.68. The van der Waals surface area contributed by atoms with Crippen LogP contribution < -0.4 is 5.32 Å². The minimum absolute atomic E-state index is 0.0972. The van der Waals surface area contributed by atoms with Gasteiger partial charge in [0, 0.05) is 12.4 Å². The van der Waals surface area contributed by atoms with E-state index in [1.54, 1.807) is 0 Å². The van der Waals surface area contributed by atoms with Crippen molar-refractivity contribution in [3.8, 4) is 0 Å². The Morgan fingerprint density at radius 2 is 1.73 bits per heavy atom. The van der Waals surface area contributed by atoms with Crippen LogP contribution in [0.3, 0.4) is 0 Å². The Hall–Kier alpha value is -1.17. The third-order valence-corrected chi connectivity index (χ3v) is 2.42. The molecule has 1 heterocycles. The lowest BCUT2D eigenvalue weighted by molar-refractivity contribution is -0.195. The minimum Gasteiger partial charge on any atom is -0.302 e. The highest BCUT2D eigenvalue weighted by atomic mass is 19.4. The van der Waals surface area contributed by atoms with Crippen LogP contribution in [0.4, 0.5) is 13.2 Å². The van der Waals surface area contributed by atoms with E-state index in [2.05, 4.69) is 15.3 Å². The van der Waals surface area contributed by atoms with Crippen LogP contribution in [0.25, 0.3) is 0 Å². The third kappa shape index (κ3) is 1.94. The highest BCUT2D eigenvalue weighted by molar-refractivity contribution is 5.21. The molecule has 0 fully saturated rings. The molecule has 1 aromatic rings. The van der Waals surface area contributed by atoms with Gasteiger partial charge in [0.2, 0.25) is 0 Å². The molecule has 1 atom stereocenters. The van der Waals surface area contributed by atoms with Crippen molar-refractivity contribution in [2.24, 2.45) is 0 Å². The molecular weight excluding hydrogens is 207 g/mol. The molecule has 0 amide bonds. The Kier molecular flexibility index (Phi) is 2.99. The number of hydrogen-bond acceptors (Lipinski definition) is 3. The number of nitrogens with zero attached hydrogens (tertiary/aromatic N) is 2. The van der Waals surface area contributed by atoms with Gasteiger partial charge in [-0.3, -0.25) is 9.97 Å². The zero-order chi connectivity index (χ0) is 11.7. The lowest BCUT2D eigenvalue weighted by Gasteiger charge is -2.31. The monoisotopic (exact) mass is 219 g/mol. The zero-order valence-corrected chi connectivity index (χ0v) is 8.68. The second-order valence-corrected chi connectivity index (χ2v) is 3.36. The average molecular weight is 219 g/mol. The van der Waals surface area contributed by atoms with Gasteiger partial charge in [-0.25, -0.2) is 0 Å². The molecule has 1 unspecified atom stereocenters. The fraction of sp³-hybridized carbons (Fsp3) is 0.556. The maximum absolute atomic E-state index is 12.8. The molecule has 1 rings (SSSR count). The van der Waals surface area contributed by atoms with Gasteiger partial charge in [-0.1, -0.05) is 0 Å². The van der Waals surface area contributed by atoms with Crippen LogP contribution in [0, 0.1) is 6.92 Å². The molecule has 0 radical (unpaired) electrons. The van der Waals surface area contributed by atoms with E-state index in [1.807, 2.05) is 0 Å². The summed E-state index contributed by atoms with van der Waals surface area (Å²) in [6.07, 6.45) is -1.79. The van der Waals surface area contributed by atoms with Crippen molar-refractivity contribution in [1.29, 1.82) is 0 Å². The number of nitrogens with one attached hydrogen (secondary N) is 1. The van der Waals surface area contributed by atoms with Crippen LogP contribution in [0.5, 0.6) is 0 Å². The minimum atomic E-state index is -4.41. The van der Waals surface area contributed by atoms with Crippen molar-refractivity contribution in [3.05, 3.63) is 23.8 Å². The van der Waals surface area contributed by atoms with Crippen LogP contribution in [0.2, 0.25) is 0 Å². The molecule has 6 heteroatoms. The average Bonchev–Trinajstić information content (AvgIpc) is 2.15. The van der Waals surface area contributed by atoms with Crippen LogP contribution in [0.15, 0.2) is 12.4 Å². The summed E-state index contributed by atoms with van der Waals surface area (Å²) in [7, 11) is 1.25. The maximum atomic E-state index is 12.8. The SMILES string of the molecule is CNC(C)(c1nccnc1C)C(F)(F)F. The van der Waals surface area contributed by atoms with Gasteiger partial charge < -0.3 is 5.32 Å². The summed E-state index contributed by atoms with van der Waals surface area (Å²) in [6.45, 7) is 2.55. The van der Waals surface area contributed by atoms with Crippen LogP contribution >= 0.6 is 0 Å². The second kappa shape index (κ2) is 3.77. The predicted octanol–water partition coefficient (Wildman–Crippen LogP) is 1.78. The first-order chi connectivity index (χ1) is 6.83. The highest BCUT2D eigenvalue weighted by Gasteiger charge is 2.53. The molecular formula is C9H12F3N3. The van der Waals surface area contributed by atoms with E-state index in [4.69, 9.17) is 0 Å². The summed E-state index contributed by atoms with van der Waals surface area (Å²) in [5.41, 5.74) is -1.99. The molecule has 1 N–H and O–H groups in total. The molecule has 0 aromatic carbocycles. The van der Waals surface area contributed by atoms with Crippen molar-refractivity contribution >= 4 is 0 Å². The Balaban J connectivity index is 3.30. The van der Waals surface area contributed by atoms with Crippen LogP contribution in [0.1, 0.15) is 18.3 Å². The first-order valence-electron chi connectivity index (χ1n) is 4.36. The number of aromatic nitrogens is 2. The number of aryl methyl sites for hydroxylation is 1. The van der Waals surface area contributed by atoms with Crippen LogP contribution in [-0.2, 0) is 5.54 Å². The van der Waals surface area contributed by atoms with E-state index in [0.717, 1.165) is 6.92 Å². The van der Waals surface area contributed by atoms with E-state index in [0.29, 0.717) is 0 Å². The lowest BCUT2D eigenvalue weighted by atomic mass is 9.95. The summed E-state index contributed by atoms with van der Waals surface area (Å²) in [5, 5.41) is 2.25. The standard InChI is InChI=1S/C9H12F3N3/c1-6-7(15-5-4-14-6)8(2,13-3)9(10,11)12/h4-5,13H,1-3H3. The van der Waals surface area contributed by atoms with Crippen LogP contribution in [-0.4, -0.2) is 23.2 Å². The Labute approximate surface area is 85.7 Å². The van der Waals surface area contributed by atoms with E-state index in [9.17, 15) is 13.2 Å². The van der Waals surface area contributed by atoms with E-state index >= 15 is 0 Å². The van der Waals surface area contributed by atoms with Crippen molar-refractivity contribution in [2.45, 2.75) is 25.6 Å². The van der Waals surface area contributed by atoms with Gasteiger partial charge in [0.1, 0.15) is 0 Å². The molecule has 0 aliphatic rings. The van der Waals surface area contributed by atoms with E-state index < -0.39 is 11.7 Å². The lowest BCUT2D eigenvalue weighted by Crippen LogP contribution is -2.51. The topological polar surface area (TPSA) is 37.8 Å². The number of rotatable bonds is 2. The first kappa shape index (κ1) is 11.9. The molecule has 0 spiro atoms. The smallest absolute Gasteiger partial charge is 0.302 e. The van der Waals surface area contributed by atoms with Gasteiger partial charge in [-0.2, -0.15) is 13.2 Å². The number of hydrogen-bond donors (Lipinski definition) is 1. The molecule has 0 aliphatic heterocycles. The Morgan fingerprint density at radius 3 is 2.13 bits per heavy atom. The highest BCUT2D eigenvalue weighted by Crippen LogP contribution is 2.37. The van der Waals surface area contributed by atoms with Crippen molar-refractivity contribution in [1.82, 2.24) is 15.3 Å². The van der Waals surface area contributed by atoms with Gasteiger partial charge in [0.25, 0.3) is 0 Å². The van der Waals surface area contributed by atoms with Gasteiger partial charge in [-0.05, 0) is 20.9 Å². The summed E-state index contributed by atoms with van der Waals surface area (Å²) < 4.78 is 38.5. The molecule has 0 bridgehead atoms. The van der Waals surface area contributed by atoms with Crippen molar-refractivity contribution in [2.75, 3.05) is 7.05 Å². The summed E-state index contributed by atoms with van der Waals surface area (Å²) >= 11 is 0. The van der Waals surface area contributed by atoms with Crippen molar-refractivity contribution < 1.29 is 13.2 Å². The summed E-state index contributed by atoms with van der Waals surface area (Å²) in [6, 6.07) is 0. The largest absolute Gasteiger partial charge is 0.412 e. The number of halogens is 3. The summed E-state index contributed by atoms with van der Waals surface area (Å²) in [4.78, 5) is 7.55. The fourth-order valence-electron chi connectivity index (χ4n) is 1.29. The molecule has 0 saturated heterocycles. The molecule has 0 saturated carbocycles. The first-order valence-corrected chi connectivity index (χ1v) is 4.36.